The molecule has 1 aromatic rings. The molecule has 0 aromatic carbocycles. The molecule has 0 unspecified atom stereocenters. The minimum Gasteiger partial charge on any atom is -0.479 e. The Morgan fingerprint density at radius 2 is 2.18 bits per heavy atom. The van der Waals surface area contributed by atoms with Crippen LogP contribution in [0, 0.1) is 0 Å². The van der Waals surface area contributed by atoms with Crippen molar-refractivity contribution in [3.63, 3.8) is 0 Å². The van der Waals surface area contributed by atoms with Crippen LogP contribution in [0.15, 0.2) is 12.1 Å². The molecule has 0 atom stereocenters. The third-order valence-corrected chi connectivity index (χ3v) is 2.30. The smallest absolute Gasteiger partial charge is 0.341 e. The molecule has 1 N–H and O–H groups in total. The van der Waals surface area contributed by atoms with Gasteiger partial charge in [0.05, 0.1) is 13.2 Å². The van der Waals surface area contributed by atoms with Gasteiger partial charge in [-0.15, -0.1) is 10.2 Å². The first-order chi connectivity index (χ1) is 8.25. The first kappa shape index (κ1) is 11.6. The Kier molecular flexibility index (Phi) is 3.71. The highest BCUT2D eigenvalue weighted by Crippen LogP contribution is 2.14. The van der Waals surface area contributed by atoms with E-state index in [4.69, 9.17) is 14.6 Å². The van der Waals surface area contributed by atoms with Gasteiger partial charge in [0.25, 0.3) is 0 Å². The van der Waals surface area contributed by atoms with Crippen LogP contribution in [0.1, 0.15) is 0 Å². The van der Waals surface area contributed by atoms with Crippen molar-refractivity contribution in [3.8, 4) is 5.88 Å². The van der Waals surface area contributed by atoms with Gasteiger partial charge in [0.2, 0.25) is 5.88 Å². The van der Waals surface area contributed by atoms with Crippen LogP contribution >= 0.6 is 0 Å². The van der Waals surface area contributed by atoms with Crippen LogP contribution in [0.2, 0.25) is 0 Å². The van der Waals surface area contributed by atoms with Crippen LogP contribution in [0.4, 0.5) is 5.82 Å². The maximum Gasteiger partial charge on any atom is 0.341 e. The quantitative estimate of drug-likeness (QED) is 0.777. The number of aliphatic carboxylic acids is 1. The van der Waals surface area contributed by atoms with Crippen LogP contribution in [0.25, 0.3) is 0 Å². The maximum absolute atomic E-state index is 10.3. The predicted octanol–water partition coefficient (Wildman–Crippen LogP) is -0.223. The van der Waals surface area contributed by atoms with Crippen LogP contribution < -0.4 is 9.64 Å². The number of hydrogen-bond acceptors (Lipinski definition) is 6. The maximum atomic E-state index is 10.3. The molecule has 1 aromatic heterocycles. The number of carbonyl (C=O) groups is 1. The number of carboxylic acid groups (broad SMARTS) is 1. The Labute approximate surface area is 98.0 Å². The van der Waals surface area contributed by atoms with Gasteiger partial charge in [-0.25, -0.2) is 4.79 Å². The van der Waals surface area contributed by atoms with Crippen molar-refractivity contribution in [3.05, 3.63) is 12.1 Å². The SMILES string of the molecule is O=C(O)COc1ccc(N2CCOCC2)nn1. The number of rotatable bonds is 4. The number of hydrogen-bond donors (Lipinski definition) is 1. The van der Waals surface area contributed by atoms with E-state index >= 15 is 0 Å². The standard InChI is InChI=1S/C10H13N3O4/c14-10(15)7-17-9-2-1-8(11-12-9)13-3-5-16-6-4-13/h1-2H,3-7H2,(H,14,15). The summed E-state index contributed by atoms with van der Waals surface area (Å²) in [4.78, 5) is 12.3. The summed E-state index contributed by atoms with van der Waals surface area (Å²) in [5, 5.41) is 16.2. The first-order valence-corrected chi connectivity index (χ1v) is 5.27. The minimum atomic E-state index is -1.04. The minimum absolute atomic E-state index is 0.212. The molecule has 1 saturated heterocycles. The fourth-order valence-corrected chi connectivity index (χ4v) is 1.49. The number of aromatic nitrogens is 2. The summed E-state index contributed by atoms with van der Waals surface area (Å²) in [5.74, 6) is -0.0792. The van der Waals surface area contributed by atoms with Crippen molar-refractivity contribution in [2.45, 2.75) is 0 Å². The Morgan fingerprint density at radius 3 is 2.76 bits per heavy atom. The van der Waals surface area contributed by atoms with Crippen molar-refractivity contribution in [2.24, 2.45) is 0 Å². The molecule has 1 aliphatic rings. The number of ether oxygens (including phenoxy) is 2. The van der Waals surface area contributed by atoms with E-state index in [0.29, 0.717) is 13.2 Å². The van der Waals surface area contributed by atoms with Gasteiger partial charge in [0.1, 0.15) is 0 Å². The normalized spacial score (nSPS) is 15.6. The Hall–Kier alpha value is -1.89. The van der Waals surface area contributed by atoms with E-state index < -0.39 is 12.6 Å². The Morgan fingerprint density at radius 1 is 1.41 bits per heavy atom. The van der Waals surface area contributed by atoms with Crippen molar-refractivity contribution < 1.29 is 19.4 Å². The molecule has 0 radical (unpaired) electrons. The lowest BCUT2D eigenvalue weighted by Crippen LogP contribution is -2.36. The summed E-state index contributed by atoms with van der Waals surface area (Å²) < 4.78 is 10.1. The van der Waals surface area contributed by atoms with Gasteiger partial charge >= 0.3 is 5.97 Å². The second-order valence-electron chi connectivity index (χ2n) is 3.51. The average molecular weight is 239 g/mol. The van der Waals surface area contributed by atoms with Crippen molar-refractivity contribution in [1.82, 2.24) is 10.2 Å². The summed E-state index contributed by atoms with van der Waals surface area (Å²) in [6, 6.07) is 3.37. The summed E-state index contributed by atoms with van der Waals surface area (Å²) >= 11 is 0. The summed E-state index contributed by atoms with van der Waals surface area (Å²) in [6.45, 7) is 2.51. The Bertz CT molecular complexity index is 376. The molecule has 17 heavy (non-hydrogen) atoms. The molecule has 2 rings (SSSR count). The van der Waals surface area contributed by atoms with Crippen LogP contribution in [-0.4, -0.2) is 54.2 Å². The summed E-state index contributed by atoms with van der Waals surface area (Å²) in [7, 11) is 0. The lowest BCUT2D eigenvalue weighted by molar-refractivity contribution is -0.139. The highest BCUT2D eigenvalue weighted by atomic mass is 16.5. The van der Waals surface area contributed by atoms with E-state index in [-0.39, 0.29) is 5.88 Å². The van der Waals surface area contributed by atoms with Gasteiger partial charge in [-0.05, 0) is 6.07 Å². The van der Waals surface area contributed by atoms with Gasteiger partial charge in [-0.1, -0.05) is 0 Å². The topological polar surface area (TPSA) is 84.8 Å². The van der Waals surface area contributed by atoms with E-state index in [9.17, 15) is 4.79 Å². The molecular weight excluding hydrogens is 226 g/mol. The number of carboxylic acids is 1. The van der Waals surface area contributed by atoms with E-state index in [2.05, 4.69) is 15.1 Å². The van der Waals surface area contributed by atoms with Gasteiger partial charge in [0.15, 0.2) is 12.4 Å². The number of anilines is 1. The van der Waals surface area contributed by atoms with Crippen LogP contribution in [0.5, 0.6) is 5.88 Å². The van der Waals surface area contributed by atoms with E-state index in [1.807, 2.05) is 0 Å². The summed E-state index contributed by atoms with van der Waals surface area (Å²) in [5.41, 5.74) is 0. The van der Waals surface area contributed by atoms with Crippen LogP contribution in [0.3, 0.4) is 0 Å². The molecule has 0 spiro atoms. The van der Waals surface area contributed by atoms with Gasteiger partial charge < -0.3 is 19.5 Å². The second-order valence-corrected chi connectivity index (χ2v) is 3.51. The predicted molar refractivity (Wildman–Crippen MR) is 58.2 cm³/mol. The molecule has 0 amide bonds. The number of morpholine rings is 1. The molecule has 7 heteroatoms. The zero-order valence-corrected chi connectivity index (χ0v) is 9.20. The highest BCUT2D eigenvalue weighted by molar-refractivity contribution is 5.68. The molecule has 0 saturated carbocycles. The van der Waals surface area contributed by atoms with Gasteiger partial charge in [0, 0.05) is 19.2 Å². The van der Waals surface area contributed by atoms with E-state index in [1.54, 1.807) is 12.1 Å². The zero-order chi connectivity index (χ0) is 12.1. The average Bonchev–Trinajstić information content (AvgIpc) is 2.38. The summed E-state index contributed by atoms with van der Waals surface area (Å²) in [6.07, 6.45) is 0. The van der Waals surface area contributed by atoms with E-state index in [0.717, 1.165) is 18.9 Å². The first-order valence-electron chi connectivity index (χ1n) is 5.27. The lowest BCUT2D eigenvalue weighted by Gasteiger charge is -2.27. The van der Waals surface area contributed by atoms with Crippen molar-refractivity contribution >= 4 is 11.8 Å². The van der Waals surface area contributed by atoms with Crippen LogP contribution in [-0.2, 0) is 9.53 Å². The number of nitrogens with zero attached hydrogens (tertiary/aromatic N) is 3. The molecule has 7 nitrogen and oxygen atoms in total. The van der Waals surface area contributed by atoms with E-state index in [1.165, 1.54) is 0 Å². The molecule has 92 valence electrons. The molecule has 1 fully saturated rings. The third kappa shape index (κ3) is 3.28. The van der Waals surface area contributed by atoms with Gasteiger partial charge in [-0.3, -0.25) is 0 Å². The fraction of sp³-hybridized carbons (Fsp3) is 0.500. The largest absolute Gasteiger partial charge is 0.479 e. The second kappa shape index (κ2) is 5.44. The zero-order valence-electron chi connectivity index (χ0n) is 9.20. The van der Waals surface area contributed by atoms with Crippen molar-refractivity contribution in [2.75, 3.05) is 37.8 Å². The Balaban J connectivity index is 1.94. The molecule has 2 heterocycles. The fourth-order valence-electron chi connectivity index (χ4n) is 1.49. The molecule has 0 aliphatic carbocycles. The third-order valence-electron chi connectivity index (χ3n) is 2.30. The lowest BCUT2D eigenvalue weighted by atomic mass is 10.4. The molecular formula is C10H13N3O4. The monoisotopic (exact) mass is 239 g/mol. The highest BCUT2D eigenvalue weighted by Gasteiger charge is 2.12. The van der Waals surface area contributed by atoms with Crippen molar-refractivity contribution in [1.29, 1.82) is 0 Å². The van der Waals surface area contributed by atoms with Gasteiger partial charge in [-0.2, -0.15) is 0 Å². The molecule has 0 bridgehead atoms. The molecule has 1 aliphatic heterocycles.